The predicted octanol–water partition coefficient (Wildman–Crippen LogP) is 5.69. The normalized spacial score (nSPS) is 10.8. The van der Waals surface area contributed by atoms with Crippen molar-refractivity contribution < 1.29 is 13.9 Å². The molecule has 0 saturated heterocycles. The van der Waals surface area contributed by atoms with E-state index in [-0.39, 0.29) is 5.91 Å². The Kier molecular flexibility index (Phi) is 5.57. The molecule has 0 unspecified atom stereocenters. The highest BCUT2D eigenvalue weighted by molar-refractivity contribution is 9.10. The Labute approximate surface area is 176 Å². The lowest BCUT2D eigenvalue weighted by atomic mass is 10.2. The lowest BCUT2D eigenvalue weighted by Crippen LogP contribution is -2.11. The molecule has 0 fully saturated rings. The average molecular weight is 452 g/mol. The van der Waals surface area contributed by atoms with Gasteiger partial charge in [0.1, 0.15) is 11.3 Å². The molecule has 0 aliphatic rings. The van der Waals surface area contributed by atoms with E-state index in [2.05, 4.69) is 31.2 Å². The molecule has 2 aromatic heterocycles. The topological polar surface area (TPSA) is 77.2 Å². The minimum absolute atomic E-state index is 0.203. The van der Waals surface area contributed by atoms with Crippen molar-refractivity contribution >= 4 is 38.6 Å². The molecule has 1 amide bonds. The van der Waals surface area contributed by atoms with Crippen LogP contribution in [0.1, 0.15) is 23.7 Å². The van der Waals surface area contributed by atoms with Crippen LogP contribution in [0.15, 0.2) is 69.8 Å². The summed E-state index contributed by atoms with van der Waals surface area (Å²) in [5.41, 5.74) is 3.25. The highest BCUT2D eigenvalue weighted by atomic mass is 79.9. The van der Waals surface area contributed by atoms with Crippen LogP contribution in [0.5, 0.6) is 5.75 Å². The molecule has 1 N–H and O–H groups in total. The van der Waals surface area contributed by atoms with Gasteiger partial charge in [-0.1, -0.05) is 6.92 Å². The highest BCUT2D eigenvalue weighted by Crippen LogP contribution is 2.27. The quantitative estimate of drug-likeness (QED) is 0.407. The fourth-order valence-electron chi connectivity index (χ4n) is 2.78. The number of hydrogen-bond donors (Lipinski definition) is 1. The number of oxazole rings is 1. The van der Waals surface area contributed by atoms with Crippen LogP contribution in [0.2, 0.25) is 0 Å². The maximum absolute atomic E-state index is 12.5. The molecule has 7 heteroatoms. The summed E-state index contributed by atoms with van der Waals surface area (Å²) in [5, 5.41) is 2.89. The van der Waals surface area contributed by atoms with E-state index in [1.54, 1.807) is 54.9 Å². The zero-order valence-corrected chi connectivity index (χ0v) is 17.3. The van der Waals surface area contributed by atoms with Gasteiger partial charge < -0.3 is 14.5 Å². The van der Waals surface area contributed by atoms with Gasteiger partial charge >= 0.3 is 0 Å². The molecule has 4 rings (SSSR count). The Hall–Kier alpha value is -3.19. The Balaban J connectivity index is 1.51. The van der Waals surface area contributed by atoms with Gasteiger partial charge in [-0.2, -0.15) is 0 Å². The summed E-state index contributed by atoms with van der Waals surface area (Å²) in [6.45, 7) is 2.70. The predicted molar refractivity (Wildman–Crippen MR) is 115 cm³/mol. The van der Waals surface area contributed by atoms with Crippen molar-refractivity contribution in [3.8, 4) is 17.2 Å². The van der Waals surface area contributed by atoms with Gasteiger partial charge in [0.15, 0.2) is 5.58 Å². The number of halogens is 1. The van der Waals surface area contributed by atoms with Crippen molar-refractivity contribution in [1.29, 1.82) is 0 Å². The second-order valence-electron chi connectivity index (χ2n) is 6.42. The first-order valence-electron chi connectivity index (χ1n) is 9.18. The van der Waals surface area contributed by atoms with Crippen LogP contribution in [0.4, 0.5) is 5.69 Å². The van der Waals surface area contributed by atoms with Crippen LogP contribution >= 0.6 is 15.9 Å². The summed E-state index contributed by atoms with van der Waals surface area (Å²) >= 11 is 3.39. The summed E-state index contributed by atoms with van der Waals surface area (Å²) in [6.07, 6.45) is 4.32. The maximum atomic E-state index is 12.5. The first kappa shape index (κ1) is 19.1. The molecular weight excluding hydrogens is 434 g/mol. The fourth-order valence-corrected chi connectivity index (χ4v) is 3.15. The minimum atomic E-state index is -0.203. The van der Waals surface area contributed by atoms with Gasteiger partial charge in [-0.15, -0.1) is 0 Å². The zero-order valence-electron chi connectivity index (χ0n) is 15.7. The molecule has 0 aliphatic carbocycles. The Morgan fingerprint density at radius 2 is 1.97 bits per heavy atom. The van der Waals surface area contributed by atoms with Crippen LogP contribution < -0.4 is 10.1 Å². The number of amides is 1. The number of nitrogens with zero attached hydrogens (tertiary/aromatic N) is 2. The van der Waals surface area contributed by atoms with Crippen molar-refractivity contribution in [3.63, 3.8) is 0 Å². The Morgan fingerprint density at radius 1 is 1.14 bits per heavy atom. The third kappa shape index (κ3) is 4.46. The molecule has 0 spiro atoms. The fraction of sp³-hybridized carbons (Fsp3) is 0.136. The van der Waals surface area contributed by atoms with Crippen LogP contribution in [-0.4, -0.2) is 22.5 Å². The van der Waals surface area contributed by atoms with E-state index in [1.165, 1.54) is 0 Å². The Morgan fingerprint density at radius 3 is 2.72 bits per heavy atom. The van der Waals surface area contributed by atoms with E-state index >= 15 is 0 Å². The summed E-state index contributed by atoms with van der Waals surface area (Å²) in [7, 11) is 0. The van der Waals surface area contributed by atoms with Crippen molar-refractivity contribution in [1.82, 2.24) is 9.97 Å². The van der Waals surface area contributed by atoms with Crippen molar-refractivity contribution in [3.05, 3.63) is 71.0 Å². The number of nitrogens with one attached hydrogen (secondary N) is 1. The first-order valence-corrected chi connectivity index (χ1v) is 9.97. The molecule has 0 bridgehead atoms. The van der Waals surface area contributed by atoms with Gasteiger partial charge in [-0.3, -0.25) is 9.78 Å². The van der Waals surface area contributed by atoms with E-state index < -0.39 is 0 Å². The van der Waals surface area contributed by atoms with E-state index in [1.807, 2.05) is 13.0 Å². The van der Waals surface area contributed by atoms with Crippen LogP contribution in [0.25, 0.3) is 22.6 Å². The second-order valence-corrected chi connectivity index (χ2v) is 7.34. The molecule has 6 nitrogen and oxygen atoms in total. The monoisotopic (exact) mass is 451 g/mol. The van der Waals surface area contributed by atoms with Gasteiger partial charge in [0, 0.05) is 28.1 Å². The van der Waals surface area contributed by atoms with Crippen molar-refractivity contribution in [2.75, 3.05) is 11.9 Å². The third-order valence-electron chi connectivity index (χ3n) is 4.19. The van der Waals surface area contributed by atoms with Gasteiger partial charge in [0.25, 0.3) is 5.91 Å². The maximum Gasteiger partial charge on any atom is 0.255 e. The number of carbonyl (C=O) groups is 1. The smallest absolute Gasteiger partial charge is 0.255 e. The number of aromatic nitrogens is 2. The third-order valence-corrected chi connectivity index (χ3v) is 4.62. The summed E-state index contributed by atoms with van der Waals surface area (Å²) in [6, 6.07) is 14.3. The number of hydrogen-bond acceptors (Lipinski definition) is 5. The molecular formula is C22H18BrN3O3. The SMILES string of the molecule is CCCOc1ccc(C(=O)Nc2ccc3oc(-c4cncc(Br)c4)nc3c2)cc1. The highest BCUT2D eigenvalue weighted by Gasteiger charge is 2.11. The van der Waals surface area contributed by atoms with E-state index in [9.17, 15) is 4.79 Å². The van der Waals surface area contributed by atoms with Gasteiger partial charge in [0.2, 0.25) is 5.89 Å². The van der Waals surface area contributed by atoms with Gasteiger partial charge in [-0.05, 0) is 70.9 Å². The van der Waals surface area contributed by atoms with E-state index in [0.29, 0.717) is 34.8 Å². The van der Waals surface area contributed by atoms with Gasteiger partial charge in [-0.25, -0.2) is 4.98 Å². The van der Waals surface area contributed by atoms with Crippen molar-refractivity contribution in [2.45, 2.75) is 13.3 Å². The molecule has 4 aromatic rings. The molecule has 29 heavy (non-hydrogen) atoms. The van der Waals surface area contributed by atoms with Crippen LogP contribution in [0, 0.1) is 0 Å². The average Bonchev–Trinajstić information content (AvgIpc) is 3.16. The van der Waals surface area contributed by atoms with Crippen LogP contribution in [-0.2, 0) is 0 Å². The number of carbonyl (C=O) groups excluding carboxylic acids is 1. The van der Waals surface area contributed by atoms with E-state index in [0.717, 1.165) is 22.2 Å². The van der Waals surface area contributed by atoms with Crippen molar-refractivity contribution in [2.24, 2.45) is 0 Å². The number of anilines is 1. The lowest BCUT2D eigenvalue weighted by molar-refractivity contribution is 0.102. The Bertz CT molecular complexity index is 1160. The second kappa shape index (κ2) is 8.45. The van der Waals surface area contributed by atoms with Gasteiger partial charge in [0.05, 0.1) is 12.2 Å². The number of pyridine rings is 1. The summed E-state index contributed by atoms with van der Waals surface area (Å²) in [4.78, 5) is 21.2. The van der Waals surface area contributed by atoms with Crippen LogP contribution in [0.3, 0.4) is 0 Å². The summed E-state index contributed by atoms with van der Waals surface area (Å²) in [5.74, 6) is 1.02. The zero-order chi connectivity index (χ0) is 20.2. The first-order chi connectivity index (χ1) is 14.1. The molecule has 2 aromatic carbocycles. The number of rotatable bonds is 6. The molecule has 0 atom stereocenters. The largest absolute Gasteiger partial charge is 0.494 e. The number of benzene rings is 2. The number of ether oxygens (including phenoxy) is 1. The molecule has 2 heterocycles. The molecule has 0 radical (unpaired) electrons. The van der Waals surface area contributed by atoms with E-state index in [4.69, 9.17) is 9.15 Å². The molecule has 0 aliphatic heterocycles. The lowest BCUT2D eigenvalue weighted by Gasteiger charge is -2.07. The molecule has 0 saturated carbocycles. The minimum Gasteiger partial charge on any atom is -0.494 e. The summed E-state index contributed by atoms with van der Waals surface area (Å²) < 4.78 is 12.2. The number of fused-ring (bicyclic) bond motifs is 1. The standard InChI is InChI=1S/C22H18BrN3O3/c1-2-9-28-18-6-3-14(4-7-18)21(27)25-17-5-8-20-19(11-17)26-22(29-20)15-10-16(23)13-24-12-15/h3-8,10-13H,2,9H2,1H3,(H,25,27). The molecule has 146 valence electrons.